The Labute approximate surface area is 58.0 Å². The van der Waals surface area contributed by atoms with Crippen LogP contribution in [0, 0.1) is 0 Å². The Hall–Kier alpha value is -1.10. The minimum Gasteiger partial charge on any atom is -0.550 e. The predicted molar refractivity (Wildman–Crippen MR) is 31.4 cm³/mol. The SMILES string of the molecule is NC(=O)C(N)CCC(=O)[O-]. The summed E-state index contributed by atoms with van der Waals surface area (Å²) < 4.78 is 0. The molecule has 0 aliphatic rings. The van der Waals surface area contributed by atoms with E-state index in [0.29, 0.717) is 0 Å². The lowest BCUT2D eigenvalue weighted by atomic mass is 10.1. The molecule has 1 amide bonds. The van der Waals surface area contributed by atoms with Gasteiger partial charge in [-0.2, -0.15) is 0 Å². The number of carbonyl (C=O) groups excluding carboxylic acids is 2. The largest absolute Gasteiger partial charge is 0.550 e. The van der Waals surface area contributed by atoms with Gasteiger partial charge in [-0.15, -0.1) is 0 Å². The standard InChI is InChI=1S/C5H10N2O3/c6-3(5(7)10)1-2-4(8)9/h3H,1-2,6H2,(H2,7,10)(H,8,9)/p-1. The molecule has 0 bridgehead atoms. The number of carbonyl (C=O) groups is 2. The van der Waals surface area contributed by atoms with E-state index in [2.05, 4.69) is 0 Å². The van der Waals surface area contributed by atoms with Crippen molar-refractivity contribution in [1.29, 1.82) is 0 Å². The van der Waals surface area contributed by atoms with E-state index >= 15 is 0 Å². The van der Waals surface area contributed by atoms with Gasteiger partial charge in [-0.25, -0.2) is 0 Å². The second-order valence-electron chi connectivity index (χ2n) is 1.92. The van der Waals surface area contributed by atoms with Crippen LogP contribution in [0.5, 0.6) is 0 Å². The molecule has 0 aliphatic carbocycles. The third-order valence-corrected chi connectivity index (χ3v) is 1.02. The summed E-state index contributed by atoms with van der Waals surface area (Å²) in [5, 5.41) is 9.81. The maximum atomic E-state index is 10.2. The summed E-state index contributed by atoms with van der Waals surface area (Å²) in [6.45, 7) is 0. The summed E-state index contributed by atoms with van der Waals surface area (Å²) in [5.74, 6) is -1.92. The topological polar surface area (TPSA) is 109 Å². The zero-order valence-corrected chi connectivity index (χ0v) is 5.37. The highest BCUT2D eigenvalue weighted by atomic mass is 16.4. The number of aliphatic carboxylic acids is 1. The average Bonchev–Trinajstić information content (AvgIpc) is 1.82. The molecule has 0 aromatic heterocycles. The van der Waals surface area contributed by atoms with Crippen molar-refractivity contribution in [2.75, 3.05) is 0 Å². The molecular formula is C5H9N2O3-. The maximum absolute atomic E-state index is 10.2. The highest BCUT2D eigenvalue weighted by Gasteiger charge is 2.07. The second-order valence-corrected chi connectivity index (χ2v) is 1.92. The molecule has 0 saturated heterocycles. The van der Waals surface area contributed by atoms with Gasteiger partial charge in [0.2, 0.25) is 5.91 Å². The van der Waals surface area contributed by atoms with E-state index in [-0.39, 0.29) is 12.8 Å². The Morgan fingerprint density at radius 2 is 2.00 bits per heavy atom. The van der Waals surface area contributed by atoms with Gasteiger partial charge < -0.3 is 21.4 Å². The molecule has 5 nitrogen and oxygen atoms in total. The van der Waals surface area contributed by atoms with Crippen molar-refractivity contribution < 1.29 is 14.7 Å². The molecule has 0 radical (unpaired) electrons. The minimum atomic E-state index is -1.23. The number of nitrogens with two attached hydrogens (primary N) is 2. The van der Waals surface area contributed by atoms with Crippen molar-refractivity contribution in [2.45, 2.75) is 18.9 Å². The van der Waals surface area contributed by atoms with Crippen molar-refractivity contribution in [3.63, 3.8) is 0 Å². The van der Waals surface area contributed by atoms with Crippen molar-refractivity contribution in [3.8, 4) is 0 Å². The number of primary amides is 1. The molecule has 0 rings (SSSR count). The van der Waals surface area contributed by atoms with Crippen molar-refractivity contribution in [2.24, 2.45) is 11.5 Å². The quantitative estimate of drug-likeness (QED) is 0.449. The highest BCUT2D eigenvalue weighted by molar-refractivity contribution is 5.80. The summed E-state index contributed by atoms with van der Waals surface area (Å²) in [6.07, 6.45) is -0.193. The number of amides is 1. The van der Waals surface area contributed by atoms with E-state index in [4.69, 9.17) is 11.5 Å². The molecule has 1 unspecified atom stereocenters. The van der Waals surface area contributed by atoms with E-state index in [1.165, 1.54) is 0 Å². The summed E-state index contributed by atoms with van der Waals surface area (Å²) in [4.78, 5) is 20.0. The van der Waals surface area contributed by atoms with Gasteiger partial charge in [0.1, 0.15) is 0 Å². The fourth-order valence-corrected chi connectivity index (χ4v) is 0.416. The first kappa shape index (κ1) is 8.90. The van der Waals surface area contributed by atoms with Crippen LogP contribution < -0.4 is 16.6 Å². The molecule has 0 spiro atoms. The van der Waals surface area contributed by atoms with Gasteiger partial charge in [0.05, 0.1) is 6.04 Å². The van der Waals surface area contributed by atoms with Gasteiger partial charge in [-0.05, 0) is 12.8 Å². The Morgan fingerprint density at radius 1 is 1.50 bits per heavy atom. The Morgan fingerprint density at radius 3 is 2.30 bits per heavy atom. The van der Waals surface area contributed by atoms with Crippen molar-refractivity contribution in [3.05, 3.63) is 0 Å². The molecule has 0 aromatic carbocycles. The first-order valence-corrected chi connectivity index (χ1v) is 2.78. The smallest absolute Gasteiger partial charge is 0.234 e. The monoisotopic (exact) mass is 145 g/mol. The van der Waals surface area contributed by atoms with E-state index in [1.54, 1.807) is 0 Å². The van der Waals surface area contributed by atoms with Crippen LogP contribution in [-0.4, -0.2) is 17.9 Å². The van der Waals surface area contributed by atoms with E-state index < -0.39 is 17.9 Å². The molecule has 4 N–H and O–H groups in total. The van der Waals surface area contributed by atoms with E-state index in [0.717, 1.165) is 0 Å². The Balaban J connectivity index is 3.49. The molecule has 10 heavy (non-hydrogen) atoms. The maximum Gasteiger partial charge on any atom is 0.234 e. The van der Waals surface area contributed by atoms with Gasteiger partial charge in [-0.1, -0.05) is 0 Å². The van der Waals surface area contributed by atoms with Gasteiger partial charge in [-0.3, -0.25) is 4.79 Å². The second kappa shape index (κ2) is 3.84. The summed E-state index contributed by atoms with van der Waals surface area (Å²) in [7, 11) is 0. The third kappa shape index (κ3) is 3.85. The van der Waals surface area contributed by atoms with Crippen LogP contribution >= 0.6 is 0 Å². The molecule has 0 fully saturated rings. The molecule has 0 saturated carbocycles. The fraction of sp³-hybridized carbons (Fsp3) is 0.600. The van der Waals surface area contributed by atoms with Crippen LogP contribution in [0.4, 0.5) is 0 Å². The minimum absolute atomic E-state index is 0.0394. The summed E-state index contributed by atoms with van der Waals surface area (Å²) in [5.41, 5.74) is 9.84. The Bertz CT molecular complexity index is 146. The van der Waals surface area contributed by atoms with Crippen LogP contribution in [0.2, 0.25) is 0 Å². The molecule has 1 atom stereocenters. The third-order valence-electron chi connectivity index (χ3n) is 1.02. The lowest BCUT2D eigenvalue weighted by molar-refractivity contribution is -0.305. The van der Waals surface area contributed by atoms with Crippen LogP contribution in [0.3, 0.4) is 0 Å². The fourth-order valence-electron chi connectivity index (χ4n) is 0.416. The van der Waals surface area contributed by atoms with E-state index in [1.807, 2.05) is 0 Å². The van der Waals surface area contributed by atoms with Crippen molar-refractivity contribution >= 4 is 11.9 Å². The number of hydrogen-bond donors (Lipinski definition) is 2. The number of hydrogen-bond acceptors (Lipinski definition) is 4. The van der Waals surface area contributed by atoms with Gasteiger partial charge in [0.15, 0.2) is 0 Å². The highest BCUT2D eigenvalue weighted by Crippen LogP contribution is 1.90. The lowest BCUT2D eigenvalue weighted by Gasteiger charge is -2.06. The van der Waals surface area contributed by atoms with E-state index in [9.17, 15) is 14.7 Å². The van der Waals surface area contributed by atoms with Gasteiger partial charge in [0.25, 0.3) is 0 Å². The first-order chi connectivity index (χ1) is 4.54. The van der Waals surface area contributed by atoms with Crippen molar-refractivity contribution in [1.82, 2.24) is 0 Å². The number of carboxylic acid groups (broad SMARTS) is 1. The normalized spacial score (nSPS) is 12.5. The number of rotatable bonds is 4. The molecule has 0 aromatic rings. The number of carboxylic acids is 1. The molecule has 58 valence electrons. The van der Waals surface area contributed by atoms with Crippen LogP contribution in [0.15, 0.2) is 0 Å². The Kier molecular flexibility index (Phi) is 3.42. The molecule has 0 heterocycles. The summed E-state index contributed by atoms with van der Waals surface area (Å²) in [6, 6.07) is -0.877. The van der Waals surface area contributed by atoms with Gasteiger partial charge >= 0.3 is 0 Å². The van der Waals surface area contributed by atoms with Gasteiger partial charge in [0, 0.05) is 5.97 Å². The first-order valence-electron chi connectivity index (χ1n) is 2.78. The molecule has 0 aliphatic heterocycles. The average molecular weight is 145 g/mol. The molecule has 5 heteroatoms. The zero-order chi connectivity index (χ0) is 8.15. The summed E-state index contributed by atoms with van der Waals surface area (Å²) >= 11 is 0. The lowest BCUT2D eigenvalue weighted by Crippen LogP contribution is -2.37. The zero-order valence-electron chi connectivity index (χ0n) is 5.37. The molecular weight excluding hydrogens is 136 g/mol. The van der Waals surface area contributed by atoms with Crippen LogP contribution in [0.25, 0.3) is 0 Å². The predicted octanol–water partition coefficient (Wildman–Crippen LogP) is -2.67. The van der Waals surface area contributed by atoms with Crippen LogP contribution in [-0.2, 0) is 9.59 Å². The van der Waals surface area contributed by atoms with Crippen LogP contribution in [0.1, 0.15) is 12.8 Å².